The summed E-state index contributed by atoms with van der Waals surface area (Å²) in [5, 5.41) is 4.13. The van der Waals surface area contributed by atoms with Gasteiger partial charge in [0.25, 0.3) is 0 Å². The monoisotopic (exact) mass is 209 g/mol. The Bertz CT molecular complexity index is 328. The topological polar surface area (TPSA) is 47.8 Å². The van der Waals surface area contributed by atoms with E-state index in [0.717, 1.165) is 5.82 Å². The molecule has 15 heavy (non-hydrogen) atoms. The summed E-state index contributed by atoms with van der Waals surface area (Å²) in [7, 11) is 0. The molecule has 0 aromatic carbocycles. The van der Waals surface area contributed by atoms with Gasteiger partial charge in [0, 0.05) is 24.8 Å². The zero-order valence-electron chi connectivity index (χ0n) is 9.90. The number of rotatable bonds is 5. The van der Waals surface area contributed by atoms with E-state index in [1.807, 2.05) is 18.5 Å². The average Bonchev–Trinajstić information content (AvgIpc) is 2.61. The average molecular weight is 209 g/mol. The third kappa shape index (κ3) is 3.15. The van der Waals surface area contributed by atoms with Gasteiger partial charge in [0.1, 0.15) is 17.9 Å². The Kier molecular flexibility index (Phi) is 4.00. The maximum absolute atomic E-state index is 11.5. The van der Waals surface area contributed by atoms with Crippen molar-refractivity contribution < 1.29 is 4.79 Å². The smallest absolute Gasteiger partial charge is 0.138 e. The molecule has 0 aliphatic heterocycles. The molecular formula is C11H19N3O. The molecule has 1 aromatic heterocycles. The minimum Gasteiger partial charge on any atom is -0.299 e. The van der Waals surface area contributed by atoms with Gasteiger partial charge in [0.2, 0.25) is 0 Å². The van der Waals surface area contributed by atoms with Gasteiger partial charge in [-0.3, -0.25) is 4.79 Å². The van der Waals surface area contributed by atoms with Crippen molar-refractivity contribution in [1.29, 1.82) is 0 Å². The van der Waals surface area contributed by atoms with E-state index in [-0.39, 0.29) is 11.7 Å². The van der Waals surface area contributed by atoms with Crippen molar-refractivity contribution >= 4 is 5.78 Å². The molecule has 0 bridgehead atoms. The summed E-state index contributed by atoms with van der Waals surface area (Å²) >= 11 is 0. The summed E-state index contributed by atoms with van der Waals surface area (Å²) in [5.41, 5.74) is 0. The minimum absolute atomic E-state index is 0.112. The van der Waals surface area contributed by atoms with Crippen molar-refractivity contribution in [3.05, 3.63) is 12.2 Å². The molecule has 0 radical (unpaired) electrons. The molecule has 1 heterocycles. The Hall–Kier alpha value is -1.19. The predicted octanol–water partition coefficient (Wildman–Crippen LogP) is 2.02. The Balaban J connectivity index is 2.58. The first-order valence-electron chi connectivity index (χ1n) is 5.43. The molecule has 0 spiro atoms. The first-order valence-corrected chi connectivity index (χ1v) is 5.43. The van der Waals surface area contributed by atoms with Crippen molar-refractivity contribution in [3.8, 4) is 0 Å². The molecule has 0 aliphatic carbocycles. The lowest BCUT2D eigenvalue weighted by Gasteiger charge is -2.09. The number of aromatic nitrogens is 3. The molecule has 0 amide bonds. The molecule has 0 aliphatic rings. The predicted molar refractivity (Wildman–Crippen MR) is 58.6 cm³/mol. The van der Waals surface area contributed by atoms with Crippen LogP contribution in [0.4, 0.5) is 0 Å². The van der Waals surface area contributed by atoms with Gasteiger partial charge in [-0.1, -0.05) is 13.8 Å². The zero-order chi connectivity index (χ0) is 11.4. The highest BCUT2D eigenvalue weighted by Gasteiger charge is 2.11. The van der Waals surface area contributed by atoms with Crippen LogP contribution in [0.1, 0.15) is 46.0 Å². The van der Waals surface area contributed by atoms with Gasteiger partial charge in [0.15, 0.2) is 0 Å². The number of carbonyl (C=O) groups excluding carboxylic acids is 1. The van der Waals surface area contributed by atoms with E-state index in [1.165, 1.54) is 0 Å². The molecule has 84 valence electrons. The lowest BCUT2D eigenvalue weighted by atomic mass is 10.0. The lowest BCUT2D eigenvalue weighted by Crippen LogP contribution is -2.12. The van der Waals surface area contributed by atoms with E-state index >= 15 is 0 Å². The van der Waals surface area contributed by atoms with E-state index < -0.39 is 0 Å². The fourth-order valence-electron chi connectivity index (χ4n) is 1.41. The Labute approximate surface area is 90.7 Å². The van der Waals surface area contributed by atoms with E-state index in [0.29, 0.717) is 18.9 Å². The van der Waals surface area contributed by atoms with Crippen molar-refractivity contribution in [2.75, 3.05) is 0 Å². The number of nitrogens with zero attached hydrogens (tertiary/aromatic N) is 3. The zero-order valence-corrected chi connectivity index (χ0v) is 9.90. The lowest BCUT2D eigenvalue weighted by molar-refractivity contribution is -0.121. The maximum Gasteiger partial charge on any atom is 0.138 e. The highest BCUT2D eigenvalue weighted by molar-refractivity contribution is 5.80. The molecule has 4 nitrogen and oxygen atoms in total. The molecule has 1 rings (SSSR count). The molecular weight excluding hydrogens is 190 g/mol. The fraction of sp³-hybridized carbons (Fsp3) is 0.727. The van der Waals surface area contributed by atoms with Crippen LogP contribution in [0.5, 0.6) is 0 Å². The Morgan fingerprint density at radius 3 is 2.60 bits per heavy atom. The molecule has 0 fully saturated rings. The summed E-state index contributed by atoms with van der Waals surface area (Å²) in [6, 6.07) is 0.302. The van der Waals surface area contributed by atoms with Gasteiger partial charge < -0.3 is 0 Å². The fourth-order valence-corrected chi connectivity index (χ4v) is 1.41. The van der Waals surface area contributed by atoms with Crippen LogP contribution in [0.3, 0.4) is 0 Å². The van der Waals surface area contributed by atoms with Crippen LogP contribution in [0, 0.1) is 5.92 Å². The van der Waals surface area contributed by atoms with Gasteiger partial charge in [-0.05, 0) is 13.8 Å². The van der Waals surface area contributed by atoms with E-state index in [9.17, 15) is 4.79 Å². The molecule has 0 saturated heterocycles. The maximum atomic E-state index is 11.5. The van der Waals surface area contributed by atoms with Crippen LogP contribution in [0.2, 0.25) is 0 Å². The second-order valence-corrected chi connectivity index (χ2v) is 4.34. The largest absolute Gasteiger partial charge is 0.299 e. The van der Waals surface area contributed by atoms with E-state index in [4.69, 9.17) is 0 Å². The quantitative estimate of drug-likeness (QED) is 0.745. The van der Waals surface area contributed by atoms with Gasteiger partial charge in [-0.15, -0.1) is 0 Å². The van der Waals surface area contributed by atoms with Gasteiger partial charge in [0.05, 0.1) is 0 Å². The SMILES string of the molecule is CC(C)C(=O)CCc1ncnn1C(C)C. The van der Waals surface area contributed by atoms with E-state index in [1.54, 1.807) is 6.33 Å². The summed E-state index contributed by atoms with van der Waals surface area (Å²) < 4.78 is 1.87. The molecule has 0 saturated carbocycles. The van der Waals surface area contributed by atoms with Crippen LogP contribution in [0.25, 0.3) is 0 Å². The Morgan fingerprint density at radius 1 is 1.40 bits per heavy atom. The third-order valence-electron chi connectivity index (χ3n) is 2.38. The number of carbonyl (C=O) groups is 1. The van der Waals surface area contributed by atoms with Crippen molar-refractivity contribution in [1.82, 2.24) is 14.8 Å². The molecule has 0 unspecified atom stereocenters. The van der Waals surface area contributed by atoms with Crippen LogP contribution in [0.15, 0.2) is 6.33 Å². The number of hydrogen-bond acceptors (Lipinski definition) is 3. The summed E-state index contributed by atoms with van der Waals surface area (Å²) in [4.78, 5) is 15.6. The van der Waals surface area contributed by atoms with Crippen LogP contribution < -0.4 is 0 Å². The molecule has 1 aromatic rings. The van der Waals surface area contributed by atoms with Crippen LogP contribution in [-0.2, 0) is 11.2 Å². The summed E-state index contributed by atoms with van der Waals surface area (Å²) in [6.45, 7) is 7.97. The normalized spacial score (nSPS) is 11.3. The van der Waals surface area contributed by atoms with Crippen molar-refractivity contribution in [2.24, 2.45) is 5.92 Å². The second kappa shape index (κ2) is 5.05. The van der Waals surface area contributed by atoms with Crippen LogP contribution >= 0.6 is 0 Å². The van der Waals surface area contributed by atoms with Crippen molar-refractivity contribution in [3.63, 3.8) is 0 Å². The summed E-state index contributed by atoms with van der Waals surface area (Å²) in [6.07, 6.45) is 2.80. The Morgan fingerprint density at radius 2 is 2.07 bits per heavy atom. The molecule has 0 atom stereocenters. The van der Waals surface area contributed by atoms with E-state index in [2.05, 4.69) is 23.9 Å². The molecule has 0 N–H and O–H groups in total. The highest BCUT2D eigenvalue weighted by atomic mass is 16.1. The third-order valence-corrected chi connectivity index (χ3v) is 2.38. The van der Waals surface area contributed by atoms with Gasteiger partial charge >= 0.3 is 0 Å². The number of aryl methyl sites for hydroxylation is 1. The molecule has 4 heteroatoms. The first kappa shape index (κ1) is 11.9. The van der Waals surface area contributed by atoms with Crippen molar-refractivity contribution in [2.45, 2.75) is 46.6 Å². The van der Waals surface area contributed by atoms with Gasteiger partial charge in [-0.25, -0.2) is 9.67 Å². The number of hydrogen-bond donors (Lipinski definition) is 0. The van der Waals surface area contributed by atoms with Gasteiger partial charge in [-0.2, -0.15) is 5.10 Å². The number of Topliss-reactive ketones (excluding diaryl/α,β-unsaturated/α-hetero) is 1. The standard InChI is InChI=1S/C11H19N3O/c1-8(2)10(15)5-6-11-12-7-13-14(11)9(3)4/h7-9H,5-6H2,1-4H3. The highest BCUT2D eigenvalue weighted by Crippen LogP contribution is 2.09. The first-order chi connectivity index (χ1) is 7.02. The minimum atomic E-state index is 0.112. The second-order valence-electron chi connectivity index (χ2n) is 4.34. The number of ketones is 1. The van der Waals surface area contributed by atoms with Crippen LogP contribution in [-0.4, -0.2) is 20.5 Å². The summed E-state index contributed by atoms with van der Waals surface area (Å²) in [5.74, 6) is 1.30.